The first kappa shape index (κ1) is 13.1. The molecule has 3 N–H and O–H groups in total. The van der Waals surface area contributed by atoms with Crippen LogP contribution in [-0.4, -0.2) is 16.9 Å². The Morgan fingerprint density at radius 1 is 1.56 bits per heavy atom. The normalized spacial score (nSPS) is 23.7. The largest absolute Gasteiger partial charge is 0.397 e. The van der Waals surface area contributed by atoms with E-state index in [2.05, 4.69) is 17.2 Å². The number of anilines is 1. The monoisotopic (exact) mass is 267 g/mol. The number of nitrogen functional groups attached to an aromatic ring is 1. The minimum absolute atomic E-state index is 0.157. The number of aromatic nitrogens is 1. The summed E-state index contributed by atoms with van der Waals surface area (Å²) in [5.74, 6) is 0.512. The summed E-state index contributed by atoms with van der Waals surface area (Å²) in [5.41, 5.74) is 6.51. The van der Waals surface area contributed by atoms with Crippen molar-refractivity contribution in [1.82, 2.24) is 10.3 Å². The summed E-state index contributed by atoms with van der Waals surface area (Å²) in [7, 11) is 0. The van der Waals surface area contributed by atoms with Crippen molar-refractivity contribution in [2.75, 3.05) is 5.73 Å². The second kappa shape index (κ2) is 5.57. The summed E-state index contributed by atoms with van der Waals surface area (Å²) < 4.78 is 0. The summed E-state index contributed by atoms with van der Waals surface area (Å²) in [6, 6.07) is 1.76. The van der Waals surface area contributed by atoms with Crippen LogP contribution in [0.2, 0.25) is 5.15 Å². The van der Waals surface area contributed by atoms with Gasteiger partial charge in [0, 0.05) is 6.04 Å². The predicted molar refractivity (Wildman–Crippen MR) is 72.5 cm³/mol. The SMILES string of the molecule is CC1CCCC(NC(=O)c2cc(Cl)ncc2N)C1. The van der Waals surface area contributed by atoms with E-state index in [9.17, 15) is 4.79 Å². The maximum Gasteiger partial charge on any atom is 0.253 e. The van der Waals surface area contributed by atoms with Crippen LogP contribution in [-0.2, 0) is 0 Å². The molecular weight excluding hydrogens is 250 g/mol. The number of carbonyl (C=O) groups excluding carboxylic acids is 1. The van der Waals surface area contributed by atoms with Crippen LogP contribution in [0.3, 0.4) is 0 Å². The zero-order valence-electron chi connectivity index (χ0n) is 10.4. The van der Waals surface area contributed by atoms with E-state index in [1.54, 1.807) is 0 Å². The van der Waals surface area contributed by atoms with Crippen molar-refractivity contribution in [3.63, 3.8) is 0 Å². The molecule has 0 saturated heterocycles. The molecular formula is C13H18ClN3O. The van der Waals surface area contributed by atoms with Crippen molar-refractivity contribution >= 4 is 23.2 Å². The summed E-state index contributed by atoms with van der Waals surface area (Å²) in [6.07, 6.45) is 5.90. The first-order chi connectivity index (χ1) is 8.56. The smallest absolute Gasteiger partial charge is 0.253 e. The van der Waals surface area contributed by atoms with Crippen LogP contribution in [0.1, 0.15) is 43.0 Å². The zero-order valence-corrected chi connectivity index (χ0v) is 11.2. The number of rotatable bonds is 2. The van der Waals surface area contributed by atoms with Crippen LogP contribution < -0.4 is 11.1 Å². The lowest BCUT2D eigenvalue weighted by Gasteiger charge is -2.27. The van der Waals surface area contributed by atoms with Crippen LogP contribution in [0.15, 0.2) is 12.3 Å². The van der Waals surface area contributed by atoms with E-state index in [0.29, 0.717) is 17.2 Å². The van der Waals surface area contributed by atoms with Gasteiger partial charge in [0.05, 0.1) is 17.4 Å². The number of hydrogen-bond acceptors (Lipinski definition) is 3. The Labute approximate surface area is 112 Å². The minimum atomic E-state index is -0.157. The fourth-order valence-corrected chi connectivity index (χ4v) is 2.62. The van der Waals surface area contributed by atoms with Gasteiger partial charge in [-0.25, -0.2) is 4.98 Å². The maximum atomic E-state index is 12.1. The standard InChI is InChI=1S/C13H18ClN3O/c1-8-3-2-4-9(5-8)17-13(18)10-6-12(14)16-7-11(10)15/h6-9H,2-5,15H2,1H3,(H,17,18). The molecule has 1 amide bonds. The molecule has 0 radical (unpaired) electrons. The van der Waals surface area contributed by atoms with Gasteiger partial charge in [0.15, 0.2) is 0 Å². The lowest BCUT2D eigenvalue weighted by atomic mass is 9.87. The lowest BCUT2D eigenvalue weighted by molar-refractivity contribution is 0.0922. The summed E-state index contributed by atoms with van der Waals surface area (Å²) in [6.45, 7) is 2.22. The molecule has 4 nitrogen and oxygen atoms in total. The predicted octanol–water partition coefficient (Wildman–Crippen LogP) is 2.63. The summed E-state index contributed by atoms with van der Waals surface area (Å²) in [4.78, 5) is 16.0. The third kappa shape index (κ3) is 3.13. The number of nitrogens with one attached hydrogen (secondary N) is 1. The molecule has 2 unspecified atom stereocenters. The molecule has 0 aliphatic heterocycles. The number of nitrogens with two attached hydrogens (primary N) is 1. The Morgan fingerprint density at radius 2 is 2.33 bits per heavy atom. The first-order valence-electron chi connectivity index (χ1n) is 6.28. The average Bonchev–Trinajstić information content (AvgIpc) is 2.32. The highest BCUT2D eigenvalue weighted by Gasteiger charge is 2.21. The van der Waals surface area contributed by atoms with Gasteiger partial charge in [0.1, 0.15) is 5.15 Å². The van der Waals surface area contributed by atoms with Gasteiger partial charge >= 0.3 is 0 Å². The number of pyridine rings is 1. The molecule has 1 fully saturated rings. The number of amides is 1. The Kier molecular flexibility index (Phi) is 4.07. The van der Waals surface area contributed by atoms with Gasteiger partial charge in [-0.3, -0.25) is 4.79 Å². The van der Waals surface area contributed by atoms with Crippen molar-refractivity contribution in [3.8, 4) is 0 Å². The zero-order chi connectivity index (χ0) is 13.1. The first-order valence-corrected chi connectivity index (χ1v) is 6.66. The van der Waals surface area contributed by atoms with Gasteiger partial charge in [-0.1, -0.05) is 31.4 Å². The van der Waals surface area contributed by atoms with Gasteiger partial charge in [0.2, 0.25) is 0 Å². The maximum absolute atomic E-state index is 12.1. The number of halogens is 1. The van der Waals surface area contributed by atoms with Crippen molar-refractivity contribution in [3.05, 3.63) is 23.0 Å². The molecule has 1 aromatic heterocycles. The van der Waals surface area contributed by atoms with Crippen LogP contribution in [0.5, 0.6) is 0 Å². The van der Waals surface area contributed by atoms with Crippen molar-refractivity contribution in [1.29, 1.82) is 0 Å². The second-order valence-corrected chi connectivity index (χ2v) is 5.42. The highest BCUT2D eigenvalue weighted by Crippen LogP contribution is 2.24. The molecule has 98 valence electrons. The van der Waals surface area contributed by atoms with Crippen molar-refractivity contribution < 1.29 is 4.79 Å². The fraction of sp³-hybridized carbons (Fsp3) is 0.538. The van der Waals surface area contributed by atoms with E-state index >= 15 is 0 Å². The van der Waals surface area contributed by atoms with Gasteiger partial charge in [-0.05, 0) is 24.8 Å². The molecule has 2 atom stereocenters. The Hall–Kier alpha value is -1.29. The van der Waals surface area contributed by atoms with Gasteiger partial charge in [-0.2, -0.15) is 0 Å². The van der Waals surface area contributed by atoms with E-state index < -0.39 is 0 Å². The minimum Gasteiger partial charge on any atom is -0.397 e. The van der Waals surface area contributed by atoms with E-state index in [-0.39, 0.29) is 17.1 Å². The van der Waals surface area contributed by atoms with Crippen LogP contribution in [0, 0.1) is 5.92 Å². The average molecular weight is 268 g/mol. The molecule has 5 heteroatoms. The molecule has 0 spiro atoms. The Morgan fingerprint density at radius 3 is 3.06 bits per heavy atom. The highest BCUT2D eigenvalue weighted by atomic mass is 35.5. The quantitative estimate of drug-likeness (QED) is 0.810. The van der Waals surface area contributed by atoms with Crippen LogP contribution >= 0.6 is 11.6 Å². The highest BCUT2D eigenvalue weighted by molar-refractivity contribution is 6.29. The molecule has 1 aromatic rings. The molecule has 0 aromatic carbocycles. The van der Waals surface area contributed by atoms with E-state index in [0.717, 1.165) is 12.8 Å². The fourth-order valence-electron chi connectivity index (χ4n) is 2.47. The Balaban J connectivity index is 2.05. The molecule has 1 saturated carbocycles. The number of nitrogens with zero attached hydrogens (tertiary/aromatic N) is 1. The van der Waals surface area contributed by atoms with Crippen LogP contribution in [0.4, 0.5) is 5.69 Å². The Bertz CT molecular complexity index is 450. The van der Waals surface area contributed by atoms with Gasteiger partial charge < -0.3 is 11.1 Å². The summed E-state index contributed by atoms with van der Waals surface area (Å²) >= 11 is 5.78. The number of hydrogen-bond donors (Lipinski definition) is 2. The molecule has 1 aliphatic rings. The lowest BCUT2D eigenvalue weighted by Crippen LogP contribution is -2.38. The third-order valence-electron chi connectivity index (χ3n) is 3.42. The van der Waals surface area contributed by atoms with Gasteiger partial charge in [-0.15, -0.1) is 0 Å². The second-order valence-electron chi connectivity index (χ2n) is 5.04. The van der Waals surface area contributed by atoms with E-state index in [1.807, 2.05) is 0 Å². The molecule has 1 heterocycles. The summed E-state index contributed by atoms with van der Waals surface area (Å²) in [5, 5.41) is 3.31. The molecule has 1 aliphatic carbocycles. The van der Waals surface area contributed by atoms with Crippen LogP contribution in [0.25, 0.3) is 0 Å². The van der Waals surface area contributed by atoms with E-state index in [4.69, 9.17) is 17.3 Å². The topological polar surface area (TPSA) is 68.0 Å². The third-order valence-corrected chi connectivity index (χ3v) is 3.62. The molecule has 18 heavy (non-hydrogen) atoms. The number of carbonyl (C=O) groups is 1. The van der Waals surface area contributed by atoms with Crippen molar-refractivity contribution in [2.24, 2.45) is 5.92 Å². The molecule has 0 bridgehead atoms. The van der Waals surface area contributed by atoms with Crippen molar-refractivity contribution in [2.45, 2.75) is 38.6 Å². The van der Waals surface area contributed by atoms with E-state index in [1.165, 1.54) is 25.1 Å². The molecule has 2 rings (SSSR count). The van der Waals surface area contributed by atoms with Gasteiger partial charge in [0.25, 0.3) is 5.91 Å².